The number of hydrogen-bond acceptors (Lipinski definition) is 5. The van der Waals surface area contributed by atoms with Crippen molar-refractivity contribution >= 4 is 22.9 Å². The van der Waals surface area contributed by atoms with Crippen LogP contribution in [-0.4, -0.2) is 69.7 Å². The van der Waals surface area contributed by atoms with Gasteiger partial charge in [0.25, 0.3) is 0 Å². The number of aromatic nitrogens is 2. The molecule has 8 nitrogen and oxygen atoms in total. The summed E-state index contributed by atoms with van der Waals surface area (Å²) in [5, 5.41) is 10.1. The molecule has 2 aromatic rings. The molecular formula is C21H26N4O4. The number of carbonyl (C=O) groups excluding carboxylic acids is 1. The number of likely N-dealkylation sites (tertiary alicyclic amines) is 2. The van der Waals surface area contributed by atoms with Crippen LogP contribution >= 0.6 is 0 Å². The Morgan fingerprint density at radius 2 is 2.03 bits per heavy atom. The molecule has 8 heteroatoms. The molecular weight excluding hydrogens is 372 g/mol. The first-order chi connectivity index (χ1) is 14.1. The third kappa shape index (κ3) is 4.41. The van der Waals surface area contributed by atoms with Crippen LogP contribution in [0, 0.1) is 0 Å². The van der Waals surface area contributed by atoms with E-state index in [-0.39, 0.29) is 11.8 Å². The van der Waals surface area contributed by atoms with E-state index in [0.717, 1.165) is 61.1 Å². The van der Waals surface area contributed by atoms with E-state index in [9.17, 15) is 9.59 Å². The first kappa shape index (κ1) is 19.4. The average molecular weight is 398 g/mol. The Morgan fingerprint density at radius 3 is 2.76 bits per heavy atom. The number of amides is 2. The van der Waals surface area contributed by atoms with Crippen LogP contribution in [0.15, 0.2) is 24.5 Å². The van der Waals surface area contributed by atoms with Crippen molar-refractivity contribution in [1.82, 2.24) is 19.8 Å². The maximum absolute atomic E-state index is 11.6. The fourth-order valence-electron chi connectivity index (χ4n) is 4.20. The van der Waals surface area contributed by atoms with Gasteiger partial charge in [0.15, 0.2) is 0 Å². The Labute approximate surface area is 169 Å². The zero-order valence-corrected chi connectivity index (χ0v) is 16.4. The van der Waals surface area contributed by atoms with Gasteiger partial charge in [0.1, 0.15) is 12.1 Å². The van der Waals surface area contributed by atoms with E-state index in [1.165, 1.54) is 4.90 Å². The van der Waals surface area contributed by atoms with Gasteiger partial charge in [0.2, 0.25) is 5.91 Å². The summed E-state index contributed by atoms with van der Waals surface area (Å²) < 4.78 is 5.86. The van der Waals surface area contributed by atoms with Gasteiger partial charge in [-0.25, -0.2) is 14.8 Å². The Hall–Kier alpha value is -2.90. The van der Waals surface area contributed by atoms with Crippen LogP contribution in [0.5, 0.6) is 5.75 Å². The quantitative estimate of drug-likeness (QED) is 0.752. The molecule has 0 saturated carbocycles. The van der Waals surface area contributed by atoms with Gasteiger partial charge in [-0.1, -0.05) is 0 Å². The Bertz CT molecular complexity index is 895. The Balaban J connectivity index is 1.37. The first-order valence-corrected chi connectivity index (χ1v) is 10.2. The highest BCUT2D eigenvalue weighted by Gasteiger charge is 2.25. The van der Waals surface area contributed by atoms with Crippen molar-refractivity contribution in [3.05, 3.63) is 30.2 Å². The minimum absolute atomic E-state index is 0.237. The Kier molecular flexibility index (Phi) is 5.78. The SMILES string of the molecule is O=C(O)N1CCC(c2ncnc3cc(OCCCN4CCCC4=O)ccc23)CC1. The van der Waals surface area contributed by atoms with Crippen LogP contribution in [0.4, 0.5) is 4.79 Å². The number of rotatable bonds is 6. The third-order valence-corrected chi connectivity index (χ3v) is 5.80. The summed E-state index contributed by atoms with van der Waals surface area (Å²) in [5.41, 5.74) is 1.82. The van der Waals surface area contributed by atoms with Crippen LogP contribution in [0.25, 0.3) is 10.9 Å². The molecule has 0 radical (unpaired) electrons. The topological polar surface area (TPSA) is 95.9 Å². The van der Waals surface area contributed by atoms with E-state index in [4.69, 9.17) is 9.84 Å². The molecule has 29 heavy (non-hydrogen) atoms. The minimum Gasteiger partial charge on any atom is -0.493 e. The van der Waals surface area contributed by atoms with Gasteiger partial charge >= 0.3 is 6.09 Å². The maximum atomic E-state index is 11.6. The van der Waals surface area contributed by atoms with E-state index in [2.05, 4.69) is 9.97 Å². The van der Waals surface area contributed by atoms with Gasteiger partial charge in [-0.15, -0.1) is 0 Å². The van der Waals surface area contributed by atoms with Gasteiger partial charge in [-0.3, -0.25) is 4.79 Å². The molecule has 2 aliphatic heterocycles. The second-order valence-electron chi connectivity index (χ2n) is 7.67. The van der Waals surface area contributed by atoms with Crippen molar-refractivity contribution in [2.45, 2.75) is 38.0 Å². The maximum Gasteiger partial charge on any atom is 0.407 e. The van der Waals surface area contributed by atoms with E-state index < -0.39 is 6.09 Å². The van der Waals surface area contributed by atoms with Crippen molar-refractivity contribution < 1.29 is 19.4 Å². The molecule has 0 spiro atoms. The normalized spacial score (nSPS) is 17.9. The van der Waals surface area contributed by atoms with Crippen LogP contribution in [0.1, 0.15) is 43.7 Å². The summed E-state index contributed by atoms with van der Waals surface area (Å²) in [4.78, 5) is 35.0. The highest BCUT2D eigenvalue weighted by molar-refractivity contribution is 5.82. The summed E-state index contributed by atoms with van der Waals surface area (Å²) >= 11 is 0. The van der Waals surface area contributed by atoms with Gasteiger partial charge in [0.05, 0.1) is 17.8 Å². The highest BCUT2D eigenvalue weighted by Crippen LogP contribution is 2.32. The van der Waals surface area contributed by atoms with Crippen LogP contribution < -0.4 is 4.74 Å². The fourth-order valence-corrected chi connectivity index (χ4v) is 4.20. The molecule has 2 fully saturated rings. The largest absolute Gasteiger partial charge is 0.493 e. The number of benzene rings is 1. The molecule has 1 aromatic carbocycles. The molecule has 154 valence electrons. The molecule has 2 saturated heterocycles. The molecule has 0 atom stereocenters. The summed E-state index contributed by atoms with van der Waals surface area (Å²) in [6, 6.07) is 5.85. The third-order valence-electron chi connectivity index (χ3n) is 5.80. The monoisotopic (exact) mass is 398 g/mol. The second-order valence-corrected chi connectivity index (χ2v) is 7.67. The summed E-state index contributed by atoms with van der Waals surface area (Å²) in [5.74, 6) is 1.24. The predicted molar refractivity (Wildman–Crippen MR) is 107 cm³/mol. The number of piperidine rings is 1. The molecule has 1 aromatic heterocycles. The molecule has 1 N–H and O–H groups in total. The minimum atomic E-state index is -0.855. The lowest BCUT2D eigenvalue weighted by Crippen LogP contribution is -2.37. The number of fused-ring (bicyclic) bond motifs is 1. The van der Waals surface area contributed by atoms with Crippen LogP contribution in [0.3, 0.4) is 0 Å². The molecule has 4 rings (SSSR count). The molecule has 2 aliphatic rings. The molecule has 2 amide bonds. The van der Waals surface area contributed by atoms with Crippen molar-refractivity contribution in [3.8, 4) is 5.75 Å². The van der Waals surface area contributed by atoms with Crippen molar-refractivity contribution in [2.75, 3.05) is 32.8 Å². The van der Waals surface area contributed by atoms with Crippen LogP contribution in [-0.2, 0) is 4.79 Å². The number of hydrogen-bond donors (Lipinski definition) is 1. The molecule has 3 heterocycles. The zero-order chi connectivity index (χ0) is 20.2. The number of nitrogens with zero attached hydrogens (tertiary/aromatic N) is 4. The van der Waals surface area contributed by atoms with Gasteiger partial charge in [0, 0.05) is 50.0 Å². The van der Waals surface area contributed by atoms with Crippen LogP contribution in [0.2, 0.25) is 0 Å². The standard InChI is InChI=1S/C21H26N4O4/c26-19-3-1-8-24(19)9-2-12-29-16-4-5-17-18(13-16)22-14-23-20(17)15-6-10-25(11-7-15)21(27)28/h4-5,13-15H,1-3,6-12H2,(H,27,28). The molecule has 0 bridgehead atoms. The van der Waals surface area contributed by atoms with E-state index in [0.29, 0.717) is 26.1 Å². The summed E-state index contributed by atoms with van der Waals surface area (Å²) in [7, 11) is 0. The number of carboxylic acid groups (broad SMARTS) is 1. The van der Waals surface area contributed by atoms with E-state index in [1.54, 1.807) is 6.33 Å². The smallest absolute Gasteiger partial charge is 0.407 e. The summed E-state index contributed by atoms with van der Waals surface area (Å²) in [6.45, 7) is 3.23. The lowest BCUT2D eigenvalue weighted by Gasteiger charge is -2.30. The van der Waals surface area contributed by atoms with Crippen molar-refractivity contribution in [1.29, 1.82) is 0 Å². The van der Waals surface area contributed by atoms with Crippen molar-refractivity contribution in [2.24, 2.45) is 0 Å². The second kappa shape index (κ2) is 8.63. The van der Waals surface area contributed by atoms with Gasteiger partial charge < -0.3 is 19.6 Å². The molecule has 0 unspecified atom stereocenters. The van der Waals surface area contributed by atoms with E-state index in [1.807, 2.05) is 23.1 Å². The Morgan fingerprint density at radius 1 is 1.21 bits per heavy atom. The predicted octanol–water partition coefficient (Wildman–Crippen LogP) is 2.88. The van der Waals surface area contributed by atoms with E-state index >= 15 is 0 Å². The lowest BCUT2D eigenvalue weighted by molar-refractivity contribution is -0.127. The number of carbonyl (C=O) groups is 2. The van der Waals surface area contributed by atoms with Gasteiger partial charge in [-0.2, -0.15) is 0 Å². The molecule has 0 aliphatic carbocycles. The summed E-state index contributed by atoms with van der Waals surface area (Å²) in [6.07, 6.45) is 4.69. The fraction of sp³-hybridized carbons (Fsp3) is 0.524. The lowest BCUT2D eigenvalue weighted by atomic mass is 9.91. The van der Waals surface area contributed by atoms with Crippen molar-refractivity contribution in [3.63, 3.8) is 0 Å². The van der Waals surface area contributed by atoms with Gasteiger partial charge in [-0.05, 0) is 37.8 Å². The average Bonchev–Trinajstić information content (AvgIpc) is 3.15. The zero-order valence-electron chi connectivity index (χ0n) is 16.4. The highest BCUT2D eigenvalue weighted by atomic mass is 16.5. The first-order valence-electron chi connectivity index (χ1n) is 10.2. The number of ether oxygens (including phenoxy) is 1.